The van der Waals surface area contributed by atoms with Crippen LogP contribution >= 0.6 is 0 Å². The van der Waals surface area contributed by atoms with Crippen molar-refractivity contribution in [2.45, 2.75) is 32.6 Å². The molecule has 4 atom stereocenters. The topological polar surface area (TPSA) is 93.2 Å². The Hall–Kier alpha value is -3.68. The summed E-state index contributed by atoms with van der Waals surface area (Å²) in [6.07, 6.45) is 2.43. The van der Waals surface area contributed by atoms with E-state index in [2.05, 4.69) is 6.92 Å². The van der Waals surface area contributed by atoms with E-state index >= 15 is 0 Å². The Balaban J connectivity index is 1.28. The monoisotopic (exact) mass is 476 g/mol. The zero-order valence-corrected chi connectivity index (χ0v) is 19.8. The normalized spacial score (nSPS) is 26.2. The molecule has 0 bridgehead atoms. The lowest BCUT2D eigenvalue weighted by atomic mass is 9.76. The van der Waals surface area contributed by atoms with E-state index in [9.17, 15) is 19.2 Å². The van der Waals surface area contributed by atoms with Crippen LogP contribution in [-0.2, 0) is 19.2 Å². The highest BCUT2D eigenvalue weighted by molar-refractivity contribution is 6.22. The molecule has 3 amide bonds. The zero-order chi connectivity index (χ0) is 24.7. The summed E-state index contributed by atoms with van der Waals surface area (Å²) in [5.74, 6) is -0.927. The van der Waals surface area contributed by atoms with Gasteiger partial charge < -0.3 is 14.4 Å². The summed E-state index contributed by atoms with van der Waals surface area (Å²) < 4.78 is 10.8. The molecular weight excluding hydrogens is 448 g/mol. The van der Waals surface area contributed by atoms with Gasteiger partial charge in [-0.05, 0) is 49.4 Å². The molecule has 0 N–H and O–H groups in total. The van der Waals surface area contributed by atoms with Crippen LogP contribution in [0.1, 0.15) is 32.6 Å². The first-order valence-electron chi connectivity index (χ1n) is 12.0. The molecule has 0 unspecified atom stereocenters. The maximum Gasteiger partial charge on any atom is 0.316 e. The second-order valence-corrected chi connectivity index (χ2v) is 9.67. The molecule has 8 nitrogen and oxygen atoms in total. The maximum atomic E-state index is 13.0. The average molecular weight is 477 g/mol. The standard InChI is InChI=1S/C27H28N2O6/c1-16-9-10-22-23(11-16)26(32)29(25(22)31)19-6-4-8-21(14-19)35-27(33)17-12-24(30)28(15-17)18-5-3-7-20(13-18)34-2/h3-8,13-14,16-17,22-23H,9-12,15H2,1-2H3/t16-,17-,22+,23-/m1/s1. The van der Waals surface area contributed by atoms with Gasteiger partial charge in [-0.2, -0.15) is 0 Å². The number of hydrogen-bond acceptors (Lipinski definition) is 6. The van der Waals surface area contributed by atoms with Gasteiger partial charge in [0.2, 0.25) is 17.7 Å². The third-order valence-corrected chi connectivity index (χ3v) is 7.31. The number of ether oxygens (including phenoxy) is 2. The molecule has 5 rings (SSSR count). The summed E-state index contributed by atoms with van der Waals surface area (Å²) in [5.41, 5.74) is 1.07. The van der Waals surface area contributed by atoms with Gasteiger partial charge in [0, 0.05) is 30.8 Å². The first-order chi connectivity index (χ1) is 16.9. The predicted octanol–water partition coefficient (Wildman–Crippen LogP) is 3.58. The van der Waals surface area contributed by atoms with Crippen molar-refractivity contribution in [2.75, 3.05) is 23.5 Å². The first kappa shape index (κ1) is 23.1. The molecule has 2 aromatic carbocycles. The number of methoxy groups -OCH3 is 1. The molecule has 182 valence electrons. The summed E-state index contributed by atoms with van der Waals surface area (Å²) in [7, 11) is 1.55. The van der Waals surface area contributed by atoms with Gasteiger partial charge in [0.05, 0.1) is 30.6 Å². The molecule has 8 heteroatoms. The highest BCUT2D eigenvalue weighted by atomic mass is 16.5. The van der Waals surface area contributed by atoms with E-state index in [0.717, 1.165) is 19.3 Å². The Kier molecular flexibility index (Phi) is 6.05. The maximum absolute atomic E-state index is 13.0. The number of esters is 1. The molecular formula is C27H28N2O6. The van der Waals surface area contributed by atoms with Crippen LogP contribution in [0, 0.1) is 23.7 Å². The highest BCUT2D eigenvalue weighted by Crippen LogP contribution is 2.42. The third-order valence-electron chi connectivity index (χ3n) is 7.31. The van der Waals surface area contributed by atoms with Crippen molar-refractivity contribution in [1.29, 1.82) is 0 Å². The quantitative estimate of drug-likeness (QED) is 0.372. The van der Waals surface area contributed by atoms with Gasteiger partial charge in [-0.1, -0.05) is 19.1 Å². The van der Waals surface area contributed by atoms with Gasteiger partial charge in [-0.15, -0.1) is 0 Å². The number of anilines is 2. The number of benzene rings is 2. The van der Waals surface area contributed by atoms with E-state index in [0.29, 0.717) is 23.0 Å². The highest BCUT2D eigenvalue weighted by Gasteiger charge is 2.50. The van der Waals surface area contributed by atoms with Crippen molar-refractivity contribution >= 4 is 35.1 Å². The Morgan fingerprint density at radius 1 is 0.914 bits per heavy atom. The van der Waals surface area contributed by atoms with Crippen LogP contribution in [0.25, 0.3) is 0 Å². The van der Waals surface area contributed by atoms with Gasteiger partial charge in [-0.25, -0.2) is 4.90 Å². The summed E-state index contributed by atoms with van der Waals surface area (Å²) in [5, 5.41) is 0. The van der Waals surface area contributed by atoms with E-state index in [1.807, 2.05) is 0 Å². The number of fused-ring (bicyclic) bond motifs is 1. The number of imide groups is 1. The lowest BCUT2D eigenvalue weighted by molar-refractivity contribution is -0.139. The summed E-state index contributed by atoms with van der Waals surface area (Å²) in [6.45, 7) is 2.31. The largest absolute Gasteiger partial charge is 0.497 e. The summed E-state index contributed by atoms with van der Waals surface area (Å²) in [6, 6.07) is 13.6. The molecule has 2 saturated heterocycles. The fourth-order valence-corrected chi connectivity index (χ4v) is 5.42. The molecule has 3 fully saturated rings. The van der Waals surface area contributed by atoms with Crippen molar-refractivity contribution < 1.29 is 28.7 Å². The van der Waals surface area contributed by atoms with Crippen LogP contribution in [-0.4, -0.2) is 37.3 Å². The van der Waals surface area contributed by atoms with Gasteiger partial charge in [0.25, 0.3) is 0 Å². The van der Waals surface area contributed by atoms with Crippen LogP contribution in [0.4, 0.5) is 11.4 Å². The molecule has 1 aliphatic carbocycles. The van der Waals surface area contributed by atoms with Gasteiger partial charge >= 0.3 is 5.97 Å². The van der Waals surface area contributed by atoms with E-state index < -0.39 is 11.9 Å². The smallest absolute Gasteiger partial charge is 0.316 e. The number of carbonyl (C=O) groups excluding carboxylic acids is 4. The average Bonchev–Trinajstić information content (AvgIpc) is 3.36. The molecule has 2 aromatic rings. The lowest BCUT2D eigenvalue weighted by Crippen LogP contribution is -2.31. The summed E-state index contributed by atoms with van der Waals surface area (Å²) >= 11 is 0. The molecule has 3 aliphatic rings. The minimum Gasteiger partial charge on any atom is -0.497 e. The second-order valence-electron chi connectivity index (χ2n) is 9.67. The lowest BCUT2D eigenvalue weighted by Gasteiger charge is -2.25. The van der Waals surface area contributed by atoms with Gasteiger partial charge in [-0.3, -0.25) is 19.2 Å². The van der Waals surface area contributed by atoms with Crippen molar-refractivity contribution in [3.8, 4) is 11.5 Å². The van der Waals surface area contributed by atoms with E-state index in [1.54, 1.807) is 60.5 Å². The number of hydrogen-bond donors (Lipinski definition) is 0. The number of carbonyl (C=O) groups is 4. The zero-order valence-electron chi connectivity index (χ0n) is 19.8. The van der Waals surface area contributed by atoms with Crippen LogP contribution < -0.4 is 19.3 Å². The Bertz CT molecular complexity index is 1190. The van der Waals surface area contributed by atoms with Crippen LogP contribution in [0.15, 0.2) is 48.5 Å². The van der Waals surface area contributed by atoms with E-state index in [4.69, 9.17) is 9.47 Å². The molecule has 0 radical (unpaired) electrons. The van der Waals surface area contributed by atoms with Crippen LogP contribution in [0.3, 0.4) is 0 Å². The fourth-order valence-electron chi connectivity index (χ4n) is 5.42. The van der Waals surface area contributed by atoms with Crippen molar-refractivity contribution in [1.82, 2.24) is 0 Å². The SMILES string of the molecule is COc1cccc(N2C[C@H](C(=O)Oc3cccc(N4C(=O)[C@H]5CC[C@@H](C)C[C@H]5C4=O)c3)CC2=O)c1. The molecule has 35 heavy (non-hydrogen) atoms. The van der Waals surface area contributed by atoms with Crippen molar-refractivity contribution in [3.05, 3.63) is 48.5 Å². The third kappa shape index (κ3) is 4.29. The Morgan fingerprint density at radius 2 is 1.60 bits per heavy atom. The molecule has 2 heterocycles. The second kappa shape index (κ2) is 9.17. The number of nitrogens with zero attached hydrogens (tertiary/aromatic N) is 2. The van der Waals surface area contributed by atoms with Gasteiger partial charge in [0.15, 0.2) is 0 Å². The van der Waals surface area contributed by atoms with Gasteiger partial charge in [0.1, 0.15) is 11.5 Å². The number of amides is 3. The van der Waals surface area contributed by atoms with E-state index in [-0.39, 0.29) is 48.3 Å². The summed E-state index contributed by atoms with van der Waals surface area (Å²) in [4.78, 5) is 54.3. The van der Waals surface area contributed by atoms with Crippen molar-refractivity contribution in [2.24, 2.45) is 23.7 Å². The van der Waals surface area contributed by atoms with Crippen molar-refractivity contribution in [3.63, 3.8) is 0 Å². The minimum absolute atomic E-state index is 0.0420. The molecule has 0 spiro atoms. The van der Waals surface area contributed by atoms with Crippen LogP contribution in [0.2, 0.25) is 0 Å². The Morgan fingerprint density at radius 3 is 2.37 bits per heavy atom. The molecule has 0 aromatic heterocycles. The minimum atomic E-state index is -0.628. The Labute approximate surface area is 203 Å². The van der Waals surface area contributed by atoms with E-state index in [1.165, 1.54) is 4.90 Å². The van der Waals surface area contributed by atoms with Crippen LogP contribution in [0.5, 0.6) is 11.5 Å². The number of rotatable bonds is 5. The predicted molar refractivity (Wildman–Crippen MR) is 128 cm³/mol. The first-order valence-corrected chi connectivity index (χ1v) is 12.0. The fraction of sp³-hybridized carbons (Fsp3) is 0.407. The molecule has 1 saturated carbocycles. The molecule has 2 aliphatic heterocycles.